The van der Waals surface area contributed by atoms with E-state index >= 15 is 0 Å². The molecule has 1 amide bonds. The second kappa shape index (κ2) is 6.10. The highest BCUT2D eigenvalue weighted by atomic mass is 35.5. The number of hydrogen-bond donors (Lipinski definition) is 1. The third-order valence-corrected chi connectivity index (χ3v) is 3.91. The largest absolute Gasteiger partial charge is 0.334 e. The summed E-state index contributed by atoms with van der Waals surface area (Å²) in [6.45, 7) is 4.63. The molecule has 5 heteroatoms. The van der Waals surface area contributed by atoms with E-state index < -0.39 is 11.9 Å². The molecule has 1 aliphatic heterocycles. The fourth-order valence-corrected chi connectivity index (χ4v) is 2.92. The van der Waals surface area contributed by atoms with Gasteiger partial charge >= 0.3 is 0 Å². The van der Waals surface area contributed by atoms with Crippen molar-refractivity contribution in [1.82, 2.24) is 4.90 Å². The standard InChI is InChI=1S/C15H20ClFN2O/c1-9(2)8-19-13(20)7-6-12(18)15(19)10-4-3-5-11(16)14(10)17/h3-5,9,12,15H,6-8,18H2,1-2H3. The van der Waals surface area contributed by atoms with Crippen LogP contribution in [0.1, 0.15) is 38.3 Å². The lowest BCUT2D eigenvalue weighted by Gasteiger charge is -2.41. The Balaban J connectivity index is 2.42. The number of halogens is 2. The summed E-state index contributed by atoms with van der Waals surface area (Å²) in [4.78, 5) is 13.9. The van der Waals surface area contributed by atoms with Crippen LogP contribution in [0, 0.1) is 11.7 Å². The van der Waals surface area contributed by atoms with Gasteiger partial charge in [-0.05, 0) is 18.4 Å². The lowest BCUT2D eigenvalue weighted by molar-refractivity contribution is -0.138. The van der Waals surface area contributed by atoms with Crippen LogP contribution in [0.3, 0.4) is 0 Å². The van der Waals surface area contributed by atoms with E-state index in [1.807, 2.05) is 13.8 Å². The molecule has 2 rings (SSSR count). The number of hydrogen-bond acceptors (Lipinski definition) is 2. The Hall–Kier alpha value is -1.13. The topological polar surface area (TPSA) is 46.3 Å². The second-order valence-electron chi connectivity index (χ2n) is 5.73. The van der Waals surface area contributed by atoms with E-state index in [2.05, 4.69) is 0 Å². The van der Waals surface area contributed by atoms with Gasteiger partial charge in [-0.3, -0.25) is 4.79 Å². The first kappa shape index (κ1) is 15.3. The van der Waals surface area contributed by atoms with Crippen LogP contribution in [0.25, 0.3) is 0 Å². The lowest BCUT2D eigenvalue weighted by Crippen LogP contribution is -2.50. The van der Waals surface area contributed by atoms with Crippen molar-refractivity contribution in [2.45, 2.75) is 38.8 Å². The van der Waals surface area contributed by atoms with Crippen LogP contribution in [0.4, 0.5) is 4.39 Å². The van der Waals surface area contributed by atoms with Crippen LogP contribution < -0.4 is 5.73 Å². The van der Waals surface area contributed by atoms with Gasteiger partial charge in [-0.25, -0.2) is 4.39 Å². The van der Waals surface area contributed by atoms with Gasteiger partial charge in [0.15, 0.2) is 0 Å². The van der Waals surface area contributed by atoms with E-state index in [9.17, 15) is 9.18 Å². The molecule has 1 heterocycles. The number of rotatable bonds is 3. The first-order chi connectivity index (χ1) is 9.41. The Labute approximate surface area is 123 Å². The van der Waals surface area contributed by atoms with E-state index in [1.54, 1.807) is 17.0 Å². The Morgan fingerprint density at radius 2 is 2.20 bits per heavy atom. The second-order valence-corrected chi connectivity index (χ2v) is 6.14. The number of carbonyl (C=O) groups excluding carboxylic acids is 1. The molecule has 2 N–H and O–H groups in total. The third kappa shape index (κ3) is 2.96. The van der Waals surface area contributed by atoms with Crippen molar-refractivity contribution in [3.05, 3.63) is 34.6 Å². The summed E-state index contributed by atoms with van der Waals surface area (Å²) in [6.07, 6.45) is 0.997. The molecule has 0 saturated carbocycles. The minimum Gasteiger partial charge on any atom is -0.334 e. The molecule has 1 aliphatic rings. The molecular weight excluding hydrogens is 279 g/mol. The Morgan fingerprint density at radius 3 is 2.85 bits per heavy atom. The Morgan fingerprint density at radius 1 is 1.50 bits per heavy atom. The highest BCUT2D eigenvalue weighted by Gasteiger charge is 2.36. The first-order valence-corrected chi connectivity index (χ1v) is 7.28. The van der Waals surface area contributed by atoms with E-state index in [1.165, 1.54) is 6.07 Å². The zero-order valence-electron chi connectivity index (χ0n) is 11.8. The van der Waals surface area contributed by atoms with Crippen LogP contribution >= 0.6 is 11.6 Å². The minimum absolute atomic E-state index is 0.0322. The van der Waals surface area contributed by atoms with Crippen molar-refractivity contribution >= 4 is 17.5 Å². The average molecular weight is 299 g/mol. The number of carbonyl (C=O) groups is 1. The van der Waals surface area contributed by atoms with E-state index in [0.717, 1.165) is 0 Å². The molecule has 0 aliphatic carbocycles. The van der Waals surface area contributed by atoms with Gasteiger partial charge in [0.1, 0.15) is 5.82 Å². The van der Waals surface area contributed by atoms with Gasteiger partial charge in [0.2, 0.25) is 5.91 Å². The van der Waals surface area contributed by atoms with Crippen molar-refractivity contribution in [1.29, 1.82) is 0 Å². The van der Waals surface area contributed by atoms with Crippen LogP contribution in [0.2, 0.25) is 5.02 Å². The number of nitrogens with two attached hydrogens (primary N) is 1. The zero-order chi connectivity index (χ0) is 14.9. The van der Waals surface area contributed by atoms with Crippen LogP contribution in [0.5, 0.6) is 0 Å². The zero-order valence-corrected chi connectivity index (χ0v) is 12.5. The number of amides is 1. The summed E-state index contributed by atoms with van der Waals surface area (Å²) >= 11 is 5.85. The minimum atomic E-state index is -0.474. The van der Waals surface area contributed by atoms with Gasteiger partial charge in [0.05, 0.1) is 11.1 Å². The highest BCUT2D eigenvalue weighted by molar-refractivity contribution is 6.30. The van der Waals surface area contributed by atoms with E-state index in [0.29, 0.717) is 30.9 Å². The molecular formula is C15H20ClFN2O. The molecule has 0 aromatic heterocycles. The normalized spacial score (nSPS) is 23.5. The molecule has 2 atom stereocenters. The maximum Gasteiger partial charge on any atom is 0.223 e. The maximum atomic E-state index is 14.3. The summed E-state index contributed by atoms with van der Waals surface area (Å²) < 4.78 is 14.3. The summed E-state index contributed by atoms with van der Waals surface area (Å²) in [5.41, 5.74) is 6.57. The molecule has 110 valence electrons. The predicted molar refractivity (Wildman–Crippen MR) is 77.9 cm³/mol. The van der Waals surface area contributed by atoms with Gasteiger partial charge in [0, 0.05) is 24.6 Å². The monoisotopic (exact) mass is 298 g/mol. The number of likely N-dealkylation sites (tertiary alicyclic amines) is 1. The van der Waals surface area contributed by atoms with Gasteiger partial charge in [-0.2, -0.15) is 0 Å². The summed E-state index contributed by atoms with van der Waals surface area (Å²) in [5, 5.41) is 0.0669. The molecule has 1 aromatic rings. The quantitative estimate of drug-likeness (QED) is 0.932. The number of benzene rings is 1. The van der Waals surface area contributed by atoms with E-state index in [4.69, 9.17) is 17.3 Å². The molecule has 0 radical (unpaired) electrons. The number of piperidine rings is 1. The lowest BCUT2D eigenvalue weighted by atomic mass is 9.89. The summed E-state index contributed by atoms with van der Waals surface area (Å²) in [7, 11) is 0. The fourth-order valence-electron chi connectivity index (χ4n) is 2.73. The van der Waals surface area contributed by atoms with Gasteiger partial charge in [-0.1, -0.05) is 37.6 Å². The van der Waals surface area contributed by atoms with Crippen LogP contribution in [-0.4, -0.2) is 23.4 Å². The van der Waals surface area contributed by atoms with Crippen LogP contribution in [0.15, 0.2) is 18.2 Å². The van der Waals surface area contributed by atoms with Crippen molar-refractivity contribution in [2.24, 2.45) is 11.7 Å². The molecule has 0 spiro atoms. The maximum absolute atomic E-state index is 14.3. The van der Waals surface area contributed by atoms with Crippen molar-refractivity contribution in [2.75, 3.05) is 6.54 Å². The van der Waals surface area contributed by atoms with Crippen molar-refractivity contribution in [3.8, 4) is 0 Å². The van der Waals surface area contributed by atoms with Crippen molar-refractivity contribution in [3.63, 3.8) is 0 Å². The molecule has 0 bridgehead atoms. The Bertz CT molecular complexity index is 507. The Kier molecular flexibility index (Phi) is 4.66. The number of nitrogens with zero attached hydrogens (tertiary/aromatic N) is 1. The highest BCUT2D eigenvalue weighted by Crippen LogP contribution is 2.34. The molecule has 1 aromatic carbocycles. The van der Waals surface area contributed by atoms with Gasteiger partial charge < -0.3 is 10.6 Å². The molecule has 1 fully saturated rings. The van der Waals surface area contributed by atoms with Gasteiger partial charge in [0.25, 0.3) is 0 Å². The van der Waals surface area contributed by atoms with Crippen molar-refractivity contribution < 1.29 is 9.18 Å². The third-order valence-electron chi connectivity index (χ3n) is 3.62. The first-order valence-electron chi connectivity index (χ1n) is 6.90. The molecule has 2 unspecified atom stereocenters. The predicted octanol–water partition coefficient (Wildman–Crippen LogP) is 3.13. The molecule has 3 nitrogen and oxygen atoms in total. The summed E-state index contributed by atoms with van der Waals surface area (Å²) in [6, 6.07) is 4.16. The van der Waals surface area contributed by atoms with Crippen LogP contribution in [-0.2, 0) is 4.79 Å². The van der Waals surface area contributed by atoms with Gasteiger partial charge in [-0.15, -0.1) is 0 Å². The smallest absolute Gasteiger partial charge is 0.223 e. The average Bonchev–Trinajstić information content (AvgIpc) is 2.38. The molecule has 20 heavy (non-hydrogen) atoms. The van der Waals surface area contributed by atoms with E-state index in [-0.39, 0.29) is 17.0 Å². The molecule has 1 saturated heterocycles. The SMILES string of the molecule is CC(C)CN1C(=O)CCC(N)C1c1cccc(Cl)c1F. The summed E-state index contributed by atoms with van der Waals surface area (Å²) in [5.74, 6) is -0.142. The fraction of sp³-hybridized carbons (Fsp3) is 0.533.